The minimum atomic E-state index is -1.34. The maximum Gasteiger partial charge on any atom is 0.244 e. The molecule has 1 aromatic rings. The molecule has 4 aliphatic rings. The summed E-state index contributed by atoms with van der Waals surface area (Å²) >= 11 is 0. The van der Waals surface area contributed by atoms with E-state index in [-0.39, 0.29) is 36.2 Å². The zero-order valence-corrected chi connectivity index (χ0v) is 14.9. The van der Waals surface area contributed by atoms with Crippen LogP contribution in [0.2, 0.25) is 0 Å². The monoisotopic (exact) mass is 389 g/mol. The molecule has 5 atom stereocenters. The Bertz CT molecular complexity index is 881. The number of aliphatic hydroxyl groups is 2. The van der Waals surface area contributed by atoms with E-state index >= 15 is 0 Å². The molecule has 9 heteroatoms. The van der Waals surface area contributed by atoms with Crippen LogP contribution in [-0.4, -0.2) is 52.3 Å². The number of aldehydes is 1. The largest absolute Gasteiger partial charge is 0.374 e. The molecule has 0 bridgehead atoms. The number of amides is 2. The van der Waals surface area contributed by atoms with Crippen LogP contribution in [0.4, 0.5) is 10.1 Å². The van der Waals surface area contributed by atoms with Crippen LogP contribution in [0.15, 0.2) is 12.1 Å². The highest BCUT2D eigenvalue weighted by Gasteiger charge is 2.56. The number of anilines is 1. The van der Waals surface area contributed by atoms with Gasteiger partial charge in [0, 0.05) is 36.6 Å². The summed E-state index contributed by atoms with van der Waals surface area (Å²) in [6.07, 6.45) is -1.39. The highest BCUT2D eigenvalue weighted by molar-refractivity contribution is 6.00. The fourth-order valence-corrected chi connectivity index (χ4v) is 5.02. The molecule has 3 fully saturated rings. The van der Waals surface area contributed by atoms with E-state index in [4.69, 9.17) is 0 Å². The van der Waals surface area contributed by atoms with Crippen LogP contribution in [0.25, 0.3) is 0 Å². The zero-order chi connectivity index (χ0) is 19.7. The van der Waals surface area contributed by atoms with E-state index in [0.29, 0.717) is 24.3 Å². The van der Waals surface area contributed by atoms with Crippen LogP contribution in [0.3, 0.4) is 0 Å². The molecule has 1 aromatic carbocycles. The molecule has 28 heavy (non-hydrogen) atoms. The van der Waals surface area contributed by atoms with Gasteiger partial charge < -0.3 is 19.9 Å². The molecule has 2 saturated heterocycles. The van der Waals surface area contributed by atoms with Crippen molar-refractivity contribution in [2.45, 2.75) is 31.3 Å². The van der Waals surface area contributed by atoms with Gasteiger partial charge in [0.05, 0.1) is 11.7 Å². The normalized spacial score (nSPS) is 36.9. The molecule has 3 heterocycles. The number of fused-ring (bicyclic) bond motifs is 2. The topological polar surface area (TPSA) is 110 Å². The Labute approximate surface area is 159 Å². The van der Waals surface area contributed by atoms with Gasteiger partial charge in [0.2, 0.25) is 11.8 Å². The average molecular weight is 389 g/mol. The molecule has 1 saturated carbocycles. The van der Waals surface area contributed by atoms with Crippen molar-refractivity contribution >= 4 is 23.8 Å². The summed E-state index contributed by atoms with van der Waals surface area (Å²) in [7, 11) is 0. The Kier molecular flexibility index (Phi) is 3.84. The Morgan fingerprint density at radius 2 is 1.75 bits per heavy atom. The van der Waals surface area contributed by atoms with Gasteiger partial charge in [-0.25, -0.2) is 9.29 Å². The minimum Gasteiger partial charge on any atom is -0.374 e. The molecule has 8 nitrogen and oxygen atoms in total. The number of halogens is 1. The number of hydrogen-bond donors (Lipinski definition) is 3. The van der Waals surface area contributed by atoms with Crippen LogP contribution < -0.4 is 10.2 Å². The maximum atomic E-state index is 14.8. The SMILES string of the molecule is O=CC1C2CN(c3cc4c(cc3F)C(O)N(C3CCC(=O)NC3=O)C4O)CC12. The number of nitrogens with one attached hydrogen (secondary N) is 1. The van der Waals surface area contributed by atoms with E-state index in [1.54, 1.807) is 0 Å². The number of carbonyl (C=O) groups excluding carboxylic acids is 3. The minimum absolute atomic E-state index is 0.0594. The molecule has 1 aliphatic carbocycles. The fourth-order valence-electron chi connectivity index (χ4n) is 5.02. The Morgan fingerprint density at radius 1 is 1.11 bits per heavy atom. The Balaban J connectivity index is 1.42. The van der Waals surface area contributed by atoms with Gasteiger partial charge in [-0.2, -0.15) is 0 Å². The third-order valence-electron chi connectivity index (χ3n) is 6.60. The van der Waals surface area contributed by atoms with Crippen LogP contribution in [0.1, 0.15) is 36.4 Å². The van der Waals surface area contributed by atoms with Crippen molar-refractivity contribution < 1.29 is 29.0 Å². The van der Waals surface area contributed by atoms with Gasteiger partial charge in [-0.05, 0) is 30.4 Å². The van der Waals surface area contributed by atoms with Crippen molar-refractivity contribution in [3.63, 3.8) is 0 Å². The lowest BCUT2D eigenvalue weighted by molar-refractivity contribution is -0.154. The van der Waals surface area contributed by atoms with Crippen molar-refractivity contribution in [2.24, 2.45) is 17.8 Å². The molecule has 0 aromatic heterocycles. The van der Waals surface area contributed by atoms with Crippen molar-refractivity contribution in [3.8, 4) is 0 Å². The van der Waals surface area contributed by atoms with Gasteiger partial charge >= 0.3 is 0 Å². The van der Waals surface area contributed by atoms with E-state index in [1.165, 1.54) is 17.0 Å². The van der Waals surface area contributed by atoms with E-state index in [9.17, 15) is 29.0 Å². The van der Waals surface area contributed by atoms with Crippen molar-refractivity contribution in [2.75, 3.05) is 18.0 Å². The van der Waals surface area contributed by atoms with Crippen LogP contribution >= 0.6 is 0 Å². The number of nitrogens with zero attached hydrogens (tertiary/aromatic N) is 2. The van der Waals surface area contributed by atoms with Crippen LogP contribution in [-0.2, 0) is 14.4 Å². The first kappa shape index (κ1) is 17.7. The van der Waals surface area contributed by atoms with E-state index in [2.05, 4.69) is 5.32 Å². The zero-order valence-electron chi connectivity index (χ0n) is 14.9. The molecule has 5 rings (SSSR count). The van der Waals surface area contributed by atoms with Gasteiger partial charge in [-0.1, -0.05) is 0 Å². The number of benzene rings is 1. The molecule has 3 N–H and O–H groups in total. The van der Waals surface area contributed by atoms with Crippen molar-refractivity contribution in [1.82, 2.24) is 10.2 Å². The van der Waals surface area contributed by atoms with Gasteiger partial charge in [0.15, 0.2) is 0 Å². The second kappa shape index (κ2) is 6.07. The van der Waals surface area contributed by atoms with Crippen molar-refractivity contribution in [1.29, 1.82) is 0 Å². The smallest absolute Gasteiger partial charge is 0.244 e. The molecule has 0 radical (unpaired) electrons. The summed E-state index contributed by atoms with van der Waals surface area (Å²) in [6, 6.07) is 1.84. The number of carbonyl (C=O) groups is 3. The number of imide groups is 1. The molecule has 3 aliphatic heterocycles. The second-order valence-corrected chi connectivity index (χ2v) is 8.04. The molecular formula is C19H20FN3O5. The highest BCUT2D eigenvalue weighted by atomic mass is 19.1. The first-order valence-electron chi connectivity index (χ1n) is 9.41. The van der Waals surface area contributed by atoms with Crippen molar-refractivity contribution in [3.05, 3.63) is 29.1 Å². The Hall–Kier alpha value is -2.36. The van der Waals surface area contributed by atoms with Gasteiger partial charge in [0.25, 0.3) is 0 Å². The summed E-state index contributed by atoms with van der Waals surface area (Å²) < 4.78 is 14.8. The lowest BCUT2D eigenvalue weighted by atomic mass is 10.0. The van der Waals surface area contributed by atoms with Crippen LogP contribution in [0.5, 0.6) is 0 Å². The summed E-state index contributed by atoms with van der Waals surface area (Å²) in [5.74, 6) is -0.927. The number of hydrogen-bond acceptors (Lipinski definition) is 7. The molecule has 2 amide bonds. The van der Waals surface area contributed by atoms with Crippen LogP contribution in [0, 0.1) is 23.6 Å². The second-order valence-electron chi connectivity index (χ2n) is 8.04. The predicted octanol–water partition coefficient (Wildman–Crippen LogP) is -0.191. The number of aliphatic hydroxyl groups excluding tert-OH is 2. The van der Waals surface area contributed by atoms with Gasteiger partial charge in [-0.15, -0.1) is 0 Å². The van der Waals surface area contributed by atoms with Gasteiger partial charge in [0.1, 0.15) is 24.6 Å². The quantitative estimate of drug-likeness (QED) is 0.485. The number of rotatable bonds is 3. The summed E-state index contributed by atoms with van der Waals surface area (Å²) in [5.41, 5.74) is 0.890. The first-order valence-corrected chi connectivity index (χ1v) is 9.41. The molecule has 0 spiro atoms. The first-order chi connectivity index (χ1) is 13.4. The van der Waals surface area contributed by atoms with E-state index in [0.717, 1.165) is 6.29 Å². The fraction of sp³-hybridized carbons (Fsp3) is 0.526. The lowest BCUT2D eigenvalue weighted by Gasteiger charge is -2.34. The third-order valence-corrected chi connectivity index (χ3v) is 6.60. The summed E-state index contributed by atoms with van der Waals surface area (Å²) in [5, 5.41) is 23.6. The average Bonchev–Trinajstić information content (AvgIpc) is 3.02. The standard InChI is InChI=1S/C19H20FN3O5/c20-13-3-8-9(4-15(13)22-5-10-11(6-22)12(10)7-24)19(28)23(18(8)27)14-1-2-16(25)21-17(14)26/h3-4,7,10-12,14,18-19,27-28H,1-2,5-6H2,(H,21,25,26). The highest BCUT2D eigenvalue weighted by Crippen LogP contribution is 2.52. The summed E-state index contributed by atoms with van der Waals surface area (Å²) in [4.78, 5) is 37.6. The van der Waals surface area contributed by atoms with Gasteiger partial charge in [-0.3, -0.25) is 14.9 Å². The molecule has 5 unspecified atom stereocenters. The Morgan fingerprint density at radius 3 is 2.36 bits per heavy atom. The lowest BCUT2D eigenvalue weighted by Crippen LogP contribution is -2.52. The predicted molar refractivity (Wildman–Crippen MR) is 93.1 cm³/mol. The summed E-state index contributed by atoms with van der Waals surface area (Å²) in [6.45, 7) is 1.17. The number of piperidine rings is 2. The molecular weight excluding hydrogens is 369 g/mol. The molecule has 148 valence electrons. The third kappa shape index (κ3) is 2.43. The van der Waals surface area contributed by atoms with E-state index < -0.39 is 36.1 Å². The van der Waals surface area contributed by atoms with E-state index in [1.807, 2.05) is 4.90 Å². The maximum absolute atomic E-state index is 14.8.